The van der Waals surface area contributed by atoms with Crippen LogP contribution in [0.5, 0.6) is 0 Å². The Morgan fingerprint density at radius 2 is 1.19 bits per heavy atom. The van der Waals surface area contributed by atoms with Crippen LogP contribution in [-0.2, 0) is 36.0 Å². The molecule has 0 saturated carbocycles. The van der Waals surface area contributed by atoms with Crippen molar-refractivity contribution in [2.45, 2.75) is 105 Å². The van der Waals surface area contributed by atoms with Crippen LogP contribution in [0.2, 0.25) is 0 Å². The average molecular weight is 533 g/mol. The zero-order valence-corrected chi connectivity index (χ0v) is 23.7. The Bertz CT molecular complexity index is 1100. The van der Waals surface area contributed by atoms with E-state index in [2.05, 4.69) is 49.1 Å². The van der Waals surface area contributed by atoms with Crippen LogP contribution < -0.4 is 0 Å². The van der Waals surface area contributed by atoms with Gasteiger partial charge in [-0.1, -0.05) is 62.3 Å². The minimum atomic E-state index is -4.33. The van der Waals surface area contributed by atoms with E-state index in [-0.39, 0.29) is 16.2 Å². The quantitative estimate of drug-likeness (QED) is 0.321. The summed E-state index contributed by atoms with van der Waals surface area (Å²) in [4.78, 5) is 0. The second kappa shape index (κ2) is 11.8. The molecule has 11 heteroatoms. The molecular formula is C26H41F5N6. The lowest BCUT2D eigenvalue weighted by atomic mass is 9.92. The topological polar surface area (TPSA) is 53.5 Å². The molecule has 0 fully saturated rings. The van der Waals surface area contributed by atoms with Crippen LogP contribution in [0.25, 0.3) is 0 Å². The predicted molar refractivity (Wildman–Crippen MR) is 136 cm³/mol. The third-order valence-corrected chi connectivity index (χ3v) is 5.25. The van der Waals surface area contributed by atoms with E-state index < -0.39 is 18.4 Å². The van der Waals surface area contributed by atoms with Gasteiger partial charge in [-0.2, -0.15) is 37.2 Å². The van der Waals surface area contributed by atoms with Crippen molar-refractivity contribution in [1.82, 2.24) is 29.3 Å². The van der Waals surface area contributed by atoms with Gasteiger partial charge in [-0.25, -0.2) is 4.68 Å². The van der Waals surface area contributed by atoms with E-state index in [1.54, 1.807) is 6.07 Å². The number of hydrogen-bond acceptors (Lipinski definition) is 3. The smallest absolute Gasteiger partial charge is 0.273 e. The minimum Gasteiger partial charge on any atom is -0.273 e. The summed E-state index contributed by atoms with van der Waals surface area (Å²) in [6.07, 6.45) is -1.00. The number of nitrogens with zero attached hydrogens (tertiary/aromatic N) is 6. The van der Waals surface area contributed by atoms with E-state index in [9.17, 15) is 22.0 Å². The summed E-state index contributed by atoms with van der Waals surface area (Å²) >= 11 is 0. The Morgan fingerprint density at radius 1 is 0.730 bits per heavy atom. The zero-order valence-electron chi connectivity index (χ0n) is 23.7. The minimum absolute atomic E-state index is 0.167. The lowest BCUT2D eigenvalue weighted by Gasteiger charge is -2.14. The molecule has 0 aliphatic heterocycles. The van der Waals surface area contributed by atoms with Crippen LogP contribution in [0.1, 0.15) is 98.6 Å². The maximum absolute atomic E-state index is 12.4. The predicted octanol–water partition coefficient (Wildman–Crippen LogP) is 7.51. The summed E-state index contributed by atoms with van der Waals surface area (Å²) in [5.74, 6) is 0. The van der Waals surface area contributed by atoms with Gasteiger partial charge >= 0.3 is 12.7 Å². The number of aromatic nitrogens is 6. The van der Waals surface area contributed by atoms with Crippen LogP contribution in [0.3, 0.4) is 0 Å². The van der Waals surface area contributed by atoms with Gasteiger partial charge in [0, 0.05) is 42.2 Å². The van der Waals surface area contributed by atoms with Gasteiger partial charge in [-0.15, -0.1) is 0 Å². The molecule has 0 bridgehead atoms. The molecule has 3 rings (SSSR count). The number of hydrogen-bond donors (Lipinski definition) is 0. The van der Waals surface area contributed by atoms with Crippen molar-refractivity contribution in [3.8, 4) is 0 Å². The third kappa shape index (κ3) is 9.92. The molecule has 0 aromatic carbocycles. The highest BCUT2D eigenvalue weighted by Crippen LogP contribution is 2.32. The fraction of sp³-hybridized carbons (Fsp3) is 0.654. The fourth-order valence-electron chi connectivity index (χ4n) is 2.88. The molecule has 210 valence electrons. The first-order valence-corrected chi connectivity index (χ1v) is 12.1. The Hall–Kier alpha value is -2.72. The zero-order chi connectivity index (χ0) is 29.0. The molecule has 37 heavy (non-hydrogen) atoms. The number of halogens is 5. The SMILES string of the molecule is CC(C)(C)c1ccn(C(F)F)n1.CCn1ccc(C(C)(C)C)n1.Cn1nc(C(C)(C)C)cc1C(F)(F)F. The van der Waals surface area contributed by atoms with E-state index in [4.69, 9.17) is 0 Å². The molecular weight excluding hydrogens is 491 g/mol. The van der Waals surface area contributed by atoms with Crippen molar-refractivity contribution in [1.29, 1.82) is 0 Å². The van der Waals surface area contributed by atoms with Gasteiger partial charge < -0.3 is 0 Å². The van der Waals surface area contributed by atoms with Crippen LogP contribution in [0, 0.1) is 0 Å². The number of aryl methyl sites for hydroxylation is 2. The second-order valence-electron chi connectivity index (χ2n) is 11.8. The van der Waals surface area contributed by atoms with Crippen LogP contribution >= 0.6 is 0 Å². The fourth-order valence-corrected chi connectivity index (χ4v) is 2.88. The van der Waals surface area contributed by atoms with Crippen molar-refractivity contribution >= 4 is 0 Å². The van der Waals surface area contributed by atoms with Crippen LogP contribution in [-0.4, -0.2) is 29.3 Å². The summed E-state index contributed by atoms with van der Waals surface area (Å²) < 4.78 is 64.8. The average Bonchev–Trinajstić information content (AvgIpc) is 3.45. The van der Waals surface area contributed by atoms with Crippen molar-refractivity contribution in [2.24, 2.45) is 7.05 Å². The van der Waals surface area contributed by atoms with Gasteiger partial charge in [0.25, 0.3) is 0 Å². The molecule has 3 aromatic heterocycles. The van der Waals surface area contributed by atoms with Gasteiger partial charge in [0.15, 0.2) is 0 Å². The lowest BCUT2D eigenvalue weighted by Crippen LogP contribution is -2.13. The van der Waals surface area contributed by atoms with E-state index in [1.807, 2.05) is 52.4 Å². The molecule has 0 radical (unpaired) electrons. The van der Waals surface area contributed by atoms with Gasteiger partial charge in [0.05, 0.1) is 17.1 Å². The van der Waals surface area contributed by atoms with Gasteiger partial charge in [0.1, 0.15) is 5.69 Å². The monoisotopic (exact) mass is 532 g/mol. The maximum atomic E-state index is 12.4. The lowest BCUT2D eigenvalue weighted by molar-refractivity contribution is -0.143. The molecule has 0 amide bonds. The van der Waals surface area contributed by atoms with Crippen molar-refractivity contribution in [2.75, 3.05) is 0 Å². The molecule has 0 spiro atoms. The molecule has 0 unspecified atom stereocenters. The Balaban J connectivity index is 0.000000280. The molecule has 0 atom stereocenters. The maximum Gasteiger partial charge on any atom is 0.433 e. The normalized spacial score (nSPS) is 12.7. The van der Waals surface area contributed by atoms with Gasteiger partial charge in [-0.05, 0) is 25.1 Å². The van der Waals surface area contributed by atoms with Crippen molar-refractivity contribution in [3.63, 3.8) is 0 Å². The van der Waals surface area contributed by atoms with Crippen molar-refractivity contribution in [3.05, 3.63) is 53.4 Å². The third-order valence-electron chi connectivity index (χ3n) is 5.25. The highest BCUT2D eigenvalue weighted by atomic mass is 19.4. The first-order chi connectivity index (χ1) is 16.6. The van der Waals surface area contributed by atoms with E-state index >= 15 is 0 Å². The number of rotatable bonds is 2. The van der Waals surface area contributed by atoms with Crippen molar-refractivity contribution < 1.29 is 22.0 Å². The summed E-state index contributed by atoms with van der Waals surface area (Å²) in [5.41, 5.74) is 1.25. The summed E-state index contributed by atoms with van der Waals surface area (Å²) in [5, 5.41) is 12.0. The van der Waals surface area contributed by atoms with E-state index in [1.165, 1.54) is 18.9 Å². The first-order valence-electron chi connectivity index (χ1n) is 12.1. The molecule has 0 aliphatic rings. The molecule has 0 N–H and O–H groups in total. The highest BCUT2D eigenvalue weighted by molar-refractivity contribution is 5.19. The summed E-state index contributed by atoms with van der Waals surface area (Å²) in [7, 11) is 1.30. The molecule has 6 nitrogen and oxygen atoms in total. The largest absolute Gasteiger partial charge is 0.433 e. The Labute approximate surface area is 216 Å². The van der Waals surface area contributed by atoms with Gasteiger partial charge in [-0.3, -0.25) is 9.36 Å². The standard InChI is InChI=1S/C9H13F3N2.C9H16N2.C8H12F2N2/c1-8(2,3)6-5-7(9(10,11)12)14(4)13-6;1-5-11-7-6-8(10-11)9(2,3)4;1-8(2,3)6-4-5-12(11-6)7(9)10/h5H,1-4H3;6-7H,5H2,1-4H3;4-5,7H,1-3H3. The molecule has 3 heterocycles. The molecule has 0 saturated heterocycles. The Morgan fingerprint density at radius 3 is 1.43 bits per heavy atom. The second-order valence-corrected chi connectivity index (χ2v) is 11.8. The van der Waals surface area contributed by atoms with E-state index in [0.29, 0.717) is 16.1 Å². The van der Waals surface area contributed by atoms with Crippen LogP contribution in [0.15, 0.2) is 30.6 Å². The Kier molecular flexibility index (Phi) is 10.3. The first kappa shape index (κ1) is 32.3. The van der Waals surface area contributed by atoms with Crippen LogP contribution in [0.4, 0.5) is 22.0 Å². The van der Waals surface area contributed by atoms with Gasteiger partial charge in [0.2, 0.25) is 0 Å². The highest BCUT2D eigenvalue weighted by Gasteiger charge is 2.36. The molecule has 0 aliphatic carbocycles. The van der Waals surface area contributed by atoms with E-state index in [0.717, 1.165) is 17.3 Å². The summed E-state index contributed by atoms with van der Waals surface area (Å²) in [6.45, 7) is 18.3. The summed E-state index contributed by atoms with van der Waals surface area (Å²) in [6, 6.07) is 4.80. The number of alkyl halides is 5. The molecule has 3 aromatic rings.